The standard InChI is InChI=1S/C11H15N5/c1-2-15-5-6-16-11(15)8(10(12)13)9(14-16)7-3-4-7/h5-7H,2-4H2,1H3,(H3,12,13). The molecule has 0 atom stereocenters. The van der Waals surface area contributed by atoms with Crippen molar-refractivity contribution >= 4 is 11.5 Å². The number of hydrogen-bond donors (Lipinski definition) is 2. The Balaban J connectivity index is 2.31. The molecule has 2 aromatic heterocycles. The molecular formula is C11H15N5. The fourth-order valence-electron chi connectivity index (χ4n) is 2.19. The Labute approximate surface area is 93.4 Å². The summed E-state index contributed by atoms with van der Waals surface area (Å²) in [4.78, 5) is 0. The van der Waals surface area contributed by atoms with Crippen molar-refractivity contribution in [2.24, 2.45) is 5.73 Å². The lowest BCUT2D eigenvalue weighted by Crippen LogP contribution is -2.14. The SMILES string of the molecule is CCn1ccn2nc(C3CC3)c(C(=N)N)c12. The minimum absolute atomic E-state index is 0.130. The van der Waals surface area contributed by atoms with Gasteiger partial charge in [0, 0.05) is 24.9 Å². The topological polar surface area (TPSA) is 72.1 Å². The number of nitrogens with one attached hydrogen (secondary N) is 1. The molecule has 0 unspecified atom stereocenters. The van der Waals surface area contributed by atoms with Crippen LogP contribution in [0, 0.1) is 5.41 Å². The summed E-state index contributed by atoms with van der Waals surface area (Å²) in [5, 5.41) is 12.3. The van der Waals surface area contributed by atoms with Crippen molar-refractivity contribution in [3.8, 4) is 0 Å². The van der Waals surface area contributed by atoms with Crippen molar-refractivity contribution in [2.75, 3.05) is 0 Å². The quantitative estimate of drug-likeness (QED) is 0.601. The minimum atomic E-state index is 0.130. The van der Waals surface area contributed by atoms with Gasteiger partial charge in [-0.3, -0.25) is 5.41 Å². The zero-order valence-electron chi connectivity index (χ0n) is 9.27. The first-order valence-electron chi connectivity index (χ1n) is 5.64. The number of amidine groups is 1. The second kappa shape index (κ2) is 3.10. The van der Waals surface area contributed by atoms with Crippen LogP contribution in [-0.2, 0) is 6.54 Å². The molecule has 1 aliphatic carbocycles. The van der Waals surface area contributed by atoms with E-state index < -0.39 is 0 Å². The van der Waals surface area contributed by atoms with Gasteiger partial charge < -0.3 is 10.3 Å². The first-order chi connectivity index (χ1) is 7.72. The van der Waals surface area contributed by atoms with E-state index in [1.807, 2.05) is 16.9 Å². The molecule has 16 heavy (non-hydrogen) atoms. The molecule has 3 N–H and O–H groups in total. The van der Waals surface area contributed by atoms with Gasteiger partial charge in [-0.1, -0.05) is 0 Å². The van der Waals surface area contributed by atoms with E-state index >= 15 is 0 Å². The Hall–Kier alpha value is -1.78. The third-order valence-corrected chi connectivity index (χ3v) is 3.15. The molecule has 84 valence electrons. The highest BCUT2D eigenvalue weighted by Gasteiger charge is 2.32. The van der Waals surface area contributed by atoms with Gasteiger partial charge in [0.05, 0.1) is 11.3 Å². The van der Waals surface area contributed by atoms with Gasteiger partial charge in [-0.15, -0.1) is 0 Å². The van der Waals surface area contributed by atoms with Crippen LogP contribution in [0.5, 0.6) is 0 Å². The maximum atomic E-state index is 7.72. The minimum Gasteiger partial charge on any atom is -0.384 e. The summed E-state index contributed by atoms with van der Waals surface area (Å²) >= 11 is 0. The highest BCUT2D eigenvalue weighted by atomic mass is 15.3. The number of nitrogens with two attached hydrogens (primary N) is 1. The highest BCUT2D eigenvalue weighted by molar-refractivity contribution is 6.02. The van der Waals surface area contributed by atoms with Crippen LogP contribution in [0.1, 0.15) is 36.9 Å². The lowest BCUT2D eigenvalue weighted by Gasteiger charge is -2.02. The van der Waals surface area contributed by atoms with Crippen LogP contribution in [-0.4, -0.2) is 20.0 Å². The molecule has 3 rings (SSSR count). The normalized spacial score (nSPS) is 15.8. The van der Waals surface area contributed by atoms with Gasteiger partial charge in [0.15, 0.2) is 0 Å². The number of aromatic nitrogens is 3. The average molecular weight is 217 g/mol. The molecule has 1 aliphatic rings. The smallest absolute Gasteiger partial charge is 0.147 e. The van der Waals surface area contributed by atoms with Gasteiger partial charge in [0.1, 0.15) is 11.5 Å². The highest BCUT2D eigenvalue weighted by Crippen LogP contribution is 2.41. The van der Waals surface area contributed by atoms with E-state index in [1.165, 1.54) is 12.8 Å². The second-order valence-corrected chi connectivity index (χ2v) is 4.30. The van der Waals surface area contributed by atoms with Crippen LogP contribution < -0.4 is 5.73 Å². The first kappa shape index (κ1) is 9.45. The molecule has 0 bridgehead atoms. The van der Waals surface area contributed by atoms with E-state index in [0.29, 0.717) is 5.92 Å². The number of nitrogens with zero attached hydrogens (tertiary/aromatic N) is 3. The molecular weight excluding hydrogens is 202 g/mol. The summed E-state index contributed by atoms with van der Waals surface area (Å²) in [5.41, 5.74) is 8.48. The largest absolute Gasteiger partial charge is 0.384 e. The Morgan fingerprint density at radius 2 is 2.31 bits per heavy atom. The summed E-state index contributed by atoms with van der Waals surface area (Å²) in [6.45, 7) is 2.94. The zero-order chi connectivity index (χ0) is 11.3. The zero-order valence-corrected chi connectivity index (χ0v) is 9.27. The van der Waals surface area contributed by atoms with Crippen molar-refractivity contribution < 1.29 is 0 Å². The third kappa shape index (κ3) is 1.17. The summed E-state index contributed by atoms with van der Waals surface area (Å²) in [7, 11) is 0. The van der Waals surface area contributed by atoms with Gasteiger partial charge in [0.2, 0.25) is 0 Å². The average Bonchev–Trinajstić information content (AvgIpc) is 2.90. The van der Waals surface area contributed by atoms with Gasteiger partial charge >= 0.3 is 0 Å². The molecule has 0 aromatic carbocycles. The van der Waals surface area contributed by atoms with Crippen molar-refractivity contribution in [3.05, 3.63) is 23.7 Å². The fraction of sp³-hybridized carbons (Fsp3) is 0.455. The number of hydrogen-bond acceptors (Lipinski definition) is 2. The Morgan fingerprint density at radius 1 is 1.56 bits per heavy atom. The first-order valence-corrected chi connectivity index (χ1v) is 5.64. The Kier molecular flexibility index (Phi) is 1.83. The van der Waals surface area contributed by atoms with Crippen LogP contribution in [0.2, 0.25) is 0 Å². The van der Waals surface area contributed by atoms with Crippen LogP contribution >= 0.6 is 0 Å². The Bertz CT molecular complexity index is 558. The number of nitrogen functional groups attached to an aromatic ring is 1. The number of rotatable bonds is 3. The Morgan fingerprint density at radius 3 is 2.88 bits per heavy atom. The van der Waals surface area contributed by atoms with Crippen LogP contribution in [0.4, 0.5) is 0 Å². The molecule has 0 aliphatic heterocycles. The van der Waals surface area contributed by atoms with Gasteiger partial charge in [-0.25, -0.2) is 4.52 Å². The van der Waals surface area contributed by atoms with Crippen LogP contribution in [0.3, 0.4) is 0 Å². The van der Waals surface area contributed by atoms with Crippen molar-refractivity contribution in [1.29, 1.82) is 5.41 Å². The molecule has 0 amide bonds. The van der Waals surface area contributed by atoms with Crippen molar-refractivity contribution in [1.82, 2.24) is 14.2 Å². The second-order valence-electron chi connectivity index (χ2n) is 4.30. The summed E-state index contributed by atoms with van der Waals surface area (Å²) in [6.07, 6.45) is 6.25. The maximum absolute atomic E-state index is 7.72. The monoisotopic (exact) mass is 217 g/mol. The van der Waals surface area contributed by atoms with E-state index in [9.17, 15) is 0 Å². The molecule has 2 heterocycles. The lowest BCUT2D eigenvalue weighted by molar-refractivity contribution is 0.788. The molecule has 5 nitrogen and oxygen atoms in total. The third-order valence-electron chi connectivity index (χ3n) is 3.15. The molecule has 1 saturated carbocycles. The molecule has 0 radical (unpaired) electrons. The number of aryl methyl sites for hydroxylation is 1. The van der Waals surface area contributed by atoms with Crippen LogP contribution in [0.25, 0.3) is 5.65 Å². The molecule has 0 spiro atoms. The summed E-state index contributed by atoms with van der Waals surface area (Å²) in [5.74, 6) is 0.648. The van der Waals surface area contributed by atoms with Gasteiger partial charge in [-0.05, 0) is 19.8 Å². The predicted octanol–water partition coefficient (Wildman–Crippen LogP) is 1.32. The van der Waals surface area contributed by atoms with E-state index in [1.54, 1.807) is 0 Å². The molecule has 2 aromatic rings. The summed E-state index contributed by atoms with van der Waals surface area (Å²) < 4.78 is 3.92. The predicted molar refractivity (Wildman–Crippen MR) is 61.8 cm³/mol. The summed E-state index contributed by atoms with van der Waals surface area (Å²) in [6, 6.07) is 0. The van der Waals surface area contributed by atoms with Crippen LogP contribution in [0.15, 0.2) is 12.4 Å². The van der Waals surface area contributed by atoms with Gasteiger partial charge in [0.25, 0.3) is 0 Å². The van der Waals surface area contributed by atoms with Crippen molar-refractivity contribution in [3.63, 3.8) is 0 Å². The van der Waals surface area contributed by atoms with Crippen molar-refractivity contribution in [2.45, 2.75) is 32.2 Å². The van der Waals surface area contributed by atoms with E-state index in [2.05, 4.69) is 16.6 Å². The molecule has 1 fully saturated rings. The lowest BCUT2D eigenvalue weighted by atomic mass is 10.1. The number of fused-ring (bicyclic) bond motifs is 1. The molecule has 5 heteroatoms. The van der Waals surface area contributed by atoms with E-state index in [0.717, 1.165) is 23.4 Å². The maximum Gasteiger partial charge on any atom is 0.147 e. The van der Waals surface area contributed by atoms with E-state index in [4.69, 9.17) is 11.1 Å². The van der Waals surface area contributed by atoms with Gasteiger partial charge in [-0.2, -0.15) is 5.10 Å². The number of imidazole rings is 1. The van der Waals surface area contributed by atoms with E-state index in [-0.39, 0.29) is 5.84 Å². The molecule has 0 saturated heterocycles. The fourth-order valence-corrected chi connectivity index (χ4v) is 2.19.